The van der Waals surface area contributed by atoms with E-state index in [1.165, 1.54) is 0 Å². The largest absolute Gasteiger partial charge is 0.352 e. The van der Waals surface area contributed by atoms with Crippen LogP contribution in [-0.2, 0) is 11.8 Å². The number of hydrogen-bond acceptors (Lipinski definition) is 7. The highest BCUT2D eigenvalue weighted by Crippen LogP contribution is 2.31. The molecule has 0 bridgehead atoms. The number of nitrogens with one attached hydrogen (secondary N) is 2. The molecule has 10 nitrogen and oxygen atoms in total. The average molecular weight is 488 g/mol. The minimum Gasteiger partial charge on any atom is -0.352 e. The minimum atomic E-state index is -0.353. The summed E-state index contributed by atoms with van der Waals surface area (Å²) in [6.07, 6.45) is 10.5. The molecule has 0 aliphatic rings. The van der Waals surface area contributed by atoms with E-state index in [1.54, 1.807) is 34.0 Å². The molecule has 0 radical (unpaired) electrons. The number of fused-ring (bicyclic) bond motifs is 1. The summed E-state index contributed by atoms with van der Waals surface area (Å²) in [5.74, 6) is 5.45. The second-order valence-corrected chi connectivity index (χ2v) is 8.10. The van der Waals surface area contributed by atoms with Crippen LogP contribution in [0, 0.1) is 23.2 Å². The first kappa shape index (κ1) is 23.3. The topological polar surface area (TPSA) is 126 Å². The molecular formula is C27H21N9O. The number of amides is 1. The Morgan fingerprint density at radius 3 is 2.51 bits per heavy atom. The molecule has 1 amide bonds. The van der Waals surface area contributed by atoms with Gasteiger partial charge in [0.2, 0.25) is 5.95 Å². The van der Waals surface area contributed by atoms with Crippen molar-refractivity contribution in [3.8, 4) is 40.2 Å². The van der Waals surface area contributed by atoms with Gasteiger partial charge in [0.05, 0.1) is 23.5 Å². The number of carbonyl (C=O) groups excluding carboxylic acids is 1. The zero-order valence-electron chi connectivity index (χ0n) is 19.9. The number of aromatic nitrogens is 6. The summed E-state index contributed by atoms with van der Waals surface area (Å²) in [4.78, 5) is 20.7. The van der Waals surface area contributed by atoms with Gasteiger partial charge in [0, 0.05) is 78.7 Å². The Balaban J connectivity index is 1.27. The van der Waals surface area contributed by atoms with E-state index < -0.39 is 0 Å². The molecular weight excluding hydrogens is 466 g/mol. The van der Waals surface area contributed by atoms with Crippen LogP contribution >= 0.6 is 0 Å². The van der Waals surface area contributed by atoms with Gasteiger partial charge in [-0.3, -0.25) is 9.48 Å². The van der Waals surface area contributed by atoms with E-state index >= 15 is 0 Å². The molecule has 0 unspecified atom stereocenters. The lowest BCUT2D eigenvalue weighted by molar-refractivity contribution is -0.115. The molecule has 0 aliphatic carbocycles. The van der Waals surface area contributed by atoms with Gasteiger partial charge >= 0.3 is 0 Å². The average Bonchev–Trinajstić information content (AvgIpc) is 3.56. The fourth-order valence-corrected chi connectivity index (χ4v) is 3.75. The van der Waals surface area contributed by atoms with Gasteiger partial charge in [-0.15, -0.1) is 0 Å². The van der Waals surface area contributed by atoms with E-state index in [9.17, 15) is 10.1 Å². The standard InChI is InChI=1S/C27H21N9O/c1-35-17-23(16-33-35)20-11-24(26-21(12-28)15-34-36(26)18-20)22-13-31-27(32-14-22)30-10-9-29-25(37)8-7-19-5-3-2-4-6-19/h2-6,11,13-18H,9-10H2,1H3,(H,29,37)(H,30,31,32). The molecule has 37 heavy (non-hydrogen) atoms. The molecule has 2 N–H and O–H groups in total. The second kappa shape index (κ2) is 10.4. The number of nitrogens with zero attached hydrogens (tertiary/aromatic N) is 7. The van der Waals surface area contributed by atoms with Crippen LogP contribution in [0.4, 0.5) is 5.95 Å². The van der Waals surface area contributed by atoms with E-state index in [1.807, 2.05) is 55.8 Å². The van der Waals surface area contributed by atoms with E-state index in [0.717, 1.165) is 27.8 Å². The number of hydrogen-bond donors (Lipinski definition) is 2. The maximum absolute atomic E-state index is 11.9. The predicted octanol–water partition coefficient (Wildman–Crippen LogP) is 2.64. The van der Waals surface area contributed by atoms with Crippen molar-refractivity contribution in [3.63, 3.8) is 0 Å². The van der Waals surface area contributed by atoms with Crippen molar-refractivity contribution in [2.24, 2.45) is 7.05 Å². The van der Waals surface area contributed by atoms with Crippen LogP contribution in [0.3, 0.4) is 0 Å². The highest BCUT2D eigenvalue weighted by molar-refractivity contribution is 5.94. The van der Waals surface area contributed by atoms with Crippen LogP contribution in [0.25, 0.3) is 27.8 Å². The summed E-state index contributed by atoms with van der Waals surface area (Å²) in [6.45, 7) is 0.794. The van der Waals surface area contributed by atoms with Gasteiger partial charge in [0.15, 0.2) is 0 Å². The molecule has 1 aromatic carbocycles. The monoisotopic (exact) mass is 487 g/mol. The third-order valence-electron chi connectivity index (χ3n) is 5.52. The normalized spacial score (nSPS) is 10.4. The van der Waals surface area contributed by atoms with Gasteiger partial charge in [-0.25, -0.2) is 14.5 Å². The van der Waals surface area contributed by atoms with Gasteiger partial charge in [-0.2, -0.15) is 15.5 Å². The van der Waals surface area contributed by atoms with E-state index in [0.29, 0.717) is 30.1 Å². The summed E-state index contributed by atoms with van der Waals surface area (Å²) in [7, 11) is 1.85. The fourth-order valence-electron chi connectivity index (χ4n) is 3.75. The van der Waals surface area contributed by atoms with Crippen molar-refractivity contribution in [2.45, 2.75) is 0 Å². The summed E-state index contributed by atoms with van der Waals surface area (Å²) in [5, 5.41) is 24.0. The second-order valence-electron chi connectivity index (χ2n) is 8.10. The van der Waals surface area contributed by atoms with Crippen LogP contribution in [-0.4, -0.2) is 48.4 Å². The Morgan fingerprint density at radius 1 is 0.973 bits per heavy atom. The van der Waals surface area contributed by atoms with Gasteiger partial charge in [-0.1, -0.05) is 24.1 Å². The molecule has 0 saturated heterocycles. The zero-order valence-corrected chi connectivity index (χ0v) is 19.9. The number of benzene rings is 1. The van der Waals surface area contributed by atoms with Crippen LogP contribution < -0.4 is 10.6 Å². The van der Waals surface area contributed by atoms with Crippen LogP contribution in [0.1, 0.15) is 11.1 Å². The number of nitriles is 1. The molecule has 5 rings (SSSR count). The molecule has 4 aromatic heterocycles. The molecule has 0 aliphatic heterocycles. The van der Waals surface area contributed by atoms with Crippen molar-refractivity contribution in [3.05, 3.63) is 84.7 Å². The summed E-state index contributed by atoms with van der Waals surface area (Å²) in [5.41, 5.74) is 5.27. The molecule has 10 heteroatoms. The van der Waals surface area contributed by atoms with Crippen molar-refractivity contribution in [1.82, 2.24) is 34.7 Å². The number of aryl methyl sites for hydroxylation is 1. The molecule has 0 saturated carbocycles. The Labute approximate surface area is 212 Å². The molecule has 0 atom stereocenters. The fraction of sp³-hybridized carbons (Fsp3) is 0.111. The van der Waals surface area contributed by atoms with Crippen molar-refractivity contribution < 1.29 is 4.79 Å². The minimum absolute atomic E-state index is 0.353. The van der Waals surface area contributed by atoms with Crippen LogP contribution in [0.2, 0.25) is 0 Å². The quantitative estimate of drug-likeness (QED) is 0.279. The number of rotatable bonds is 6. The van der Waals surface area contributed by atoms with Gasteiger partial charge in [-0.05, 0) is 18.2 Å². The Morgan fingerprint density at radius 2 is 1.78 bits per heavy atom. The lowest BCUT2D eigenvalue weighted by atomic mass is 10.0. The molecule has 0 fully saturated rings. The Kier molecular flexibility index (Phi) is 6.55. The van der Waals surface area contributed by atoms with E-state index in [-0.39, 0.29) is 5.91 Å². The maximum atomic E-state index is 11.9. The van der Waals surface area contributed by atoms with Crippen molar-refractivity contribution >= 4 is 17.4 Å². The lowest BCUT2D eigenvalue weighted by Gasteiger charge is -2.09. The van der Waals surface area contributed by atoms with E-state index in [4.69, 9.17) is 0 Å². The van der Waals surface area contributed by atoms with Crippen LogP contribution in [0.5, 0.6) is 0 Å². The lowest BCUT2D eigenvalue weighted by Crippen LogP contribution is -2.27. The summed E-state index contributed by atoms with van der Waals surface area (Å²) < 4.78 is 3.41. The first-order valence-corrected chi connectivity index (χ1v) is 11.4. The first-order chi connectivity index (χ1) is 18.1. The van der Waals surface area contributed by atoms with Gasteiger partial charge < -0.3 is 10.6 Å². The molecule has 5 aromatic rings. The zero-order chi connectivity index (χ0) is 25.6. The van der Waals surface area contributed by atoms with Gasteiger partial charge in [0.1, 0.15) is 6.07 Å². The van der Waals surface area contributed by atoms with Crippen LogP contribution in [0.15, 0.2) is 73.6 Å². The molecule has 0 spiro atoms. The van der Waals surface area contributed by atoms with Crippen molar-refractivity contribution in [2.75, 3.05) is 18.4 Å². The summed E-state index contributed by atoms with van der Waals surface area (Å²) in [6, 6.07) is 13.5. The summed E-state index contributed by atoms with van der Waals surface area (Å²) >= 11 is 0. The number of anilines is 1. The highest BCUT2D eigenvalue weighted by Gasteiger charge is 2.15. The molecule has 180 valence electrons. The Bertz CT molecular complexity index is 1670. The number of pyridine rings is 1. The number of carbonyl (C=O) groups is 1. The maximum Gasteiger partial charge on any atom is 0.296 e. The van der Waals surface area contributed by atoms with Crippen molar-refractivity contribution in [1.29, 1.82) is 5.26 Å². The Hall–Kier alpha value is -5.48. The van der Waals surface area contributed by atoms with E-state index in [2.05, 4.69) is 48.7 Å². The third-order valence-corrected chi connectivity index (χ3v) is 5.52. The van der Waals surface area contributed by atoms with Gasteiger partial charge in [0.25, 0.3) is 5.91 Å². The first-order valence-electron chi connectivity index (χ1n) is 11.4. The SMILES string of the molecule is Cn1cc(-c2cc(-c3cnc(NCCNC(=O)C#Cc4ccccc4)nc3)c3c(C#N)cnn3c2)cn1. The third kappa shape index (κ3) is 5.29. The predicted molar refractivity (Wildman–Crippen MR) is 138 cm³/mol. The smallest absolute Gasteiger partial charge is 0.296 e. The molecule has 4 heterocycles. The highest BCUT2D eigenvalue weighted by atomic mass is 16.1.